The predicted molar refractivity (Wildman–Crippen MR) is 96.8 cm³/mol. The van der Waals surface area contributed by atoms with Crippen molar-refractivity contribution >= 4 is 38.4 Å². The molecule has 1 N–H and O–H groups in total. The highest BCUT2D eigenvalue weighted by molar-refractivity contribution is 8.13. The summed E-state index contributed by atoms with van der Waals surface area (Å²) in [6, 6.07) is 7.99. The number of nitrogens with one attached hydrogen (secondary N) is 1. The summed E-state index contributed by atoms with van der Waals surface area (Å²) < 4.78 is 61.7. The van der Waals surface area contributed by atoms with Crippen molar-refractivity contribution in [2.75, 3.05) is 19.4 Å². The summed E-state index contributed by atoms with van der Waals surface area (Å²) in [5.41, 5.74) is -6.12. The highest BCUT2D eigenvalue weighted by atomic mass is 32.2. The molecule has 1 aromatic heterocycles. The molecule has 0 fully saturated rings. The van der Waals surface area contributed by atoms with Crippen LogP contribution in [-0.2, 0) is 9.84 Å². The first-order valence-electron chi connectivity index (χ1n) is 7.50. The van der Waals surface area contributed by atoms with Gasteiger partial charge in [0, 0.05) is 30.9 Å². The quantitative estimate of drug-likeness (QED) is 0.743. The van der Waals surface area contributed by atoms with E-state index in [2.05, 4.69) is 10.3 Å². The van der Waals surface area contributed by atoms with Crippen LogP contribution in [0.15, 0.2) is 52.5 Å². The van der Waals surface area contributed by atoms with Gasteiger partial charge in [0.1, 0.15) is 0 Å². The largest absolute Gasteiger partial charge is 0.503 e. The molecule has 0 saturated carbocycles. The van der Waals surface area contributed by atoms with Gasteiger partial charge < -0.3 is 10.2 Å². The molecule has 0 unspecified atom stereocenters. The zero-order valence-electron chi connectivity index (χ0n) is 14.5. The molecular formula is C16H14F3N3O4S2. The summed E-state index contributed by atoms with van der Waals surface area (Å²) in [4.78, 5) is 29.1. The molecule has 150 valence electrons. The SMILES string of the molecule is CN(C)C(=O)Sc1ccc(NC(=O)c2cccnc2S(=O)(=O)C(F)(F)F)cc1. The Morgan fingerprint density at radius 3 is 2.25 bits per heavy atom. The van der Waals surface area contributed by atoms with Crippen molar-refractivity contribution < 1.29 is 31.2 Å². The smallest absolute Gasteiger partial charge is 0.339 e. The van der Waals surface area contributed by atoms with E-state index in [1.807, 2.05) is 0 Å². The van der Waals surface area contributed by atoms with Gasteiger partial charge in [-0.2, -0.15) is 13.2 Å². The monoisotopic (exact) mass is 433 g/mol. The molecular weight excluding hydrogens is 419 g/mol. The van der Waals surface area contributed by atoms with E-state index in [1.165, 1.54) is 29.2 Å². The van der Waals surface area contributed by atoms with Gasteiger partial charge in [0.15, 0.2) is 5.03 Å². The first-order valence-corrected chi connectivity index (χ1v) is 9.80. The zero-order valence-corrected chi connectivity index (χ0v) is 16.2. The average Bonchev–Trinajstić information content (AvgIpc) is 2.62. The van der Waals surface area contributed by atoms with E-state index in [-0.39, 0.29) is 10.9 Å². The van der Waals surface area contributed by atoms with Crippen molar-refractivity contribution in [2.24, 2.45) is 0 Å². The molecule has 1 heterocycles. The van der Waals surface area contributed by atoms with Crippen molar-refractivity contribution in [1.82, 2.24) is 9.88 Å². The molecule has 28 heavy (non-hydrogen) atoms. The number of sulfone groups is 1. The van der Waals surface area contributed by atoms with Gasteiger partial charge in [-0.05, 0) is 48.2 Å². The summed E-state index contributed by atoms with van der Waals surface area (Å²) in [6.07, 6.45) is 0.850. The number of rotatable bonds is 4. The number of thioether (sulfide) groups is 1. The maximum absolute atomic E-state index is 12.8. The Bertz CT molecular complexity index is 991. The maximum atomic E-state index is 12.8. The number of carbonyl (C=O) groups is 2. The first-order chi connectivity index (χ1) is 12.9. The predicted octanol–water partition coefficient (Wildman–Crippen LogP) is 3.40. The Kier molecular flexibility index (Phi) is 6.34. The van der Waals surface area contributed by atoms with Crippen LogP contribution >= 0.6 is 11.8 Å². The third-order valence-electron chi connectivity index (χ3n) is 3.26. The number of hydrogen-bond donors (Lipinski definition) is 1. The van der Waals surface area contributed by atoms with Crippen LogP contribution in [0.1, 0.15) is 10.4 Å². The topological polar surface area (TPSA) is 96.4 Å². The fourth-order valence-corrected chi connectivity index (χ4v) is 3.41. The number of carbonyl (C=O) groups excluding carboxylic acids is 2. The van der Waals surface area contributed by atoms with E-state index in [0.29, 0.717) is 4.90 Å². The van der Waals surface area contributed by atoms with Crippen LogP contribution in [0.25, 0.3) is 0 Å². The van der Waals surface area contributed by atoms with Crippen LogP contribution in [-0.4, -0.2) is 49.1 Å². The molecule has 2 aromatic rings. The van der Waals surface area contributed by atoms with Crippen LogP contribution in [0.2, 0.25) is 0 Å². The van der Waals surface area contributed by atoms with Gasteiger partial charge in [-0.15, -0.1) is 0 Å². The number of aromatic nitrogens is 1. The third kappa shape index (κ3) is 4.81. The molecule has 0 spiro atoms. The number of hydrogen-bond acceptors (Lipinski definition) is 6. The Morgan fingerprint density at radius 1 is 1.11 bits per heavy atom. The normalized spacial score (nSPS) is 11.8. The van der Waals surface area contributed by atoms with Crippen molar-refractivity contribution in [1.29, 1.82) is 0 Å². The van der Waals surface area contributed by atoms with E-state index in [4.69, 9.17) is 0 Å². The molecule has 0 aliphatic heterocycles. The van der Waals surface area contributed by atoms with E-state index in [9.17, 15) is 31.2 Å². The number of amides is 2. The second kappa shape index (κ2) is 8.19. The lowest BCUT2D eigenvalue weighted by Crippen LogP contribution is -2.27. The van der Waals surface area contributed by atoms with Gasteiger partial charge in [0.25, 0.3) is 21.0 Å². The van der Waals surface area contributed by atoms with Gasteiger partial charge in [0.2, 0.25) is 0 Å². The Hall–Kier alpha value is -2.60. The molecule has 0 atom stereocenters. The van der Waals surface area contributed by atoms with Gasteiger partial charge >= 0.3 is 5.51 Å². The second-order valence-corrected chi connectivity index (χ2v) is 8.43. The lowest BCUT2D eigenvalue weighted by molar-refractivity contribution is -0.0438. The molecule has 0 radical (unpaired) electrons. The van der Waals surface area contributed by atoms with Crippen LogP contribution in [0.3, 0.4) is 0 Å². The number of halogens is 3. The fraction of sp³-hybridized carbons (Fsp3) is 0.188. The van der Waals surface area contributed by atoms with Gasteiger partial charge in [-0.1, -0.05) is 0 Å². The standard InChI is InChI=1S/C16H14F3N3O4S2/c1-22(2)15(24)27-11-7-5-10(6-8-11)21-13(23)12-4-3-9-20-14(12)28(25,26)16(17,18)19/h3-9H,1-2H3,(H,21,23). The lowest BCUT2D eigenvalue weighted by Gasteiger charge is -2.12. The average molecular weight is 433 g/mol. The molecule has 2 amide bonds. The Morgan fingerprint density at radius 2 is 1.71 bits per heavy atom. The Labute approximate surface area is 162 Å². The van der Waals surface area contributed by atoms with Crippen LogP contribution in [0.5, 0.6) is 0 Å². The molecule has 0 saturated heterocycles. The summed E-state index contributed by atoms with van der Waals surface area (Å²) in [6.45, 7) is 0. The van der Waals surface area contributed by atoms with Crippen molar-refractivity contribution in [2.45, 2.75) is 15.4 Å². The molecule has 1 aromatic carbocycles. The summed E-state index contributed by atoms with van der Waals surface area (Å²) >= 11 is 0.944. The number of pyridine rings is 1. The van der Waals surface area contributed by atoms with Gasteiger partial charge in [-0.25, -0.2) is 13.4 Å². The number of alkyl halides is 3. The number of benzene rings is 1. The van der Waals surface area contributed by atoms with Crippen LogP contribution in [0, 0.1) is 0 Å². The minimum atomic E-state index is -5.79. The molecule has 0 aliphatic rings. The van der Waals surface area contributed by atoms with Crippen LogP contribution in [0.4, 0.5) is 23.7 Å². The van der Waals surface area contributed by atoms with Crippen molar-refractivity contribution in [3.63, 3.8) is 0 Å². The molecule has 2 rings (SSSR count). The highest BCUT2D eigenvalue weighted by Gasteiger charge is 2.49. The minimum absolute atomic E-state index is 0.200. The van der Waals surface area contributed by atoms with Crippen molar-refractivity contribution in [3.8, 4) is 0 Å². The van der Waals surface area contributed by atoms with Gasteiger partial charge in [-0.3, -0.25) is 9.59 Å². The third-order valence-corrected chi connectivity index (χ3v) is 5.75. The number of nitrogens with zero attached hydrogens (tertiary/aromatic N) is 2. The molecule has 12 heteroatoms. The first kappa shape index (κ1) is 21.7. The lowest BCUT2D eigenvalue weighted by atomic mass is 10.2. The minimum Gasteiger partial charge on any atom is -0.339 e. The second-order valence-electron chi connectivity index (χ2n) is 5.55. The molecule has 0 bridgehead atoms. The van der Waals surface area contributed by atoms with E-state index in [1.54, 1.807) is 14.1 Å². The van der Waals surface area contributed by atoms with Crippen molar-refractivity contribution in [3.05, 3.63) is 48.2 Å². The molecule has 7 nitrogen and oxygen atoms in total. The highest BCUT2D eigenvalue weighted by Crippen LogP contribution is 2.31. The van der Waals surface area contributed by atoms with E-state index < -0.39 is 31.8 Å². The summed E-state index contributed by atoms with van der Waals surface area (Å²) in [7, 11) is -2.61. The number of anilines is 1. The Balaban J connectivity index is 2.24. The van der Waals surface area contributed by atoms with E-state index >= 15 is 0 Å². The fourth-order valence-electron chi connectivity index (χ4n) is 1.88. The van der Waals surface area contributed by atoms with E-state index in [0.717, 1.165) is 30.1 Å². The summed E-state index contributed by atoms with van der Waals surface area (Å²) in [5.74, 6) is -1.07. The maximum Gasteiger partial charge on any atom is 0.503 e. The summed E-state index contributed by atoms with van der Waals surface area (Å²) in [5, 5.41) is 0.725. The zero-order chi connectivity index (χ0) is 21.1. The van der Waals surface area contributed by atoms with Crippen LogP contribution < -0.4 is 5.32 Å². The van der Waals surface area contributed by atoms with Gasteiger partial charge in [0.05, 0.1) is 5.56 Å². The molecule has 0 aliphatic carbocycles.